The zero-order chi connectivity index (χ0) is 20.8. The standard InChI is InChI=1S/C20H17N7O2S/c28-17(25-22-12-13-11-21-16-9-5-4-8-15(13)16)10-18-26-27-20(30-18)24-19(29)23-14-6-2-1-3-7-14/h1-9,11-12,21H,10H2,(H,25,28)(H2,23,24,27,29). The van der Waals surface area contributed by atoms with E-state index in [1.165, 1.54) is 0 Å². The Kier molecular flexibility index (Phi) is 5.76. The van der Waals surface area contributed by atoms with E-state index in [4.69, 9.17) is 0 Å². The normalized spacial score (nSPS) is 10.9. The molecular formula is C20H17N7O2S. The molecule has 0 saturated heterocycles. The number of hydrazone groups is 1. The van der Waals surface area contributed by atoms with Crippen molar-refractivity contribution in [3.8, 4) is 0 Å². The van der Waals surface area contributed by atoms with E-state index < -0.39 is 6.03 Å². The fourth-order valence-corrected chi connectivity index (χ4v) is 3.44. The average Bonchev–Trinajstić information content (AvgIpc) is 3.35. The van der Waals surface area contributed by atoms with Gasteiger partial charge in [0.25, 0.3) is 0 Å². The van der Waals surface area contributed by atoms with Gasteiger partial charge in [-0.05, 0) is 18.2 Å². The van der Waals surface area contributed by atoms with Crippen LogP contribution >= 0.6 is 11.3 Å². The van der Waals surface area contributed by atoms with Crippen LogP contribution in [-0.4, -0.2) is 33.3 Å². The van der Waals surface area contributed by atoms with E-state index in [2.05, 4.69) is 36.3 Å². The lowest BCUT2D eigenvalue weighted by Gasteiger charge is -2.03. The summed E-state index contributed by atoms with van der Waals surface area (Å²) in [6.07, 6.45) is 3.41. The highest BCUT2D eigenvalue weighted by Gasteiger charge is 2.11. The fraction of sp³-hybridized carbons (Fsp3) is 0.0500. The number of anilines is 2. The minimum absolute atomic E-state index is 0.00484. The zero-order valence-corrected chi connectivity index (χ0v) is 16.4. The summed E-state index contributed by atoms with van der Waals surface area (Å²) in [6.45, 7) is 0. The average molecular weight is 419 g/mol. The number of nitrogens with one attached hydrogen (secondary N) is 4. The second-order valence-corrected chi connectivity index (χ2v) is 7.27. The first-order valence-electron chi connectivity index (χ1n) is 9.01. The topological polar surface area (TPSA) is 124 Å². The quantitative estimate of drug-likeness (QED) is 0.282. The third-order valence-electron chi connectivity index (χ3n) is 4.04. The summed E-state index contributed by atoms with van der Waals surface area (Å²) >= 11 is 1.12. The number of hydrogen-bond acceptors (Lipinski definition) is 6. The van der Waals surface area contributed by atoms with Crippen LogP contribution in [0.25, 0.3) is 10.9 Å². The van der Waals surface area contributed by atoms with E-state index in [0.29, 0.717) is 15.8 Å². The Bertz CT molecular complexity index is 1200. The van der Waals surface area contributed by atoms with Crippen LogP contribution in [0.5, 0.6) is 0 Å². The van der Waals surface area contributed by atoms with Crippen LogP contribution in [0.4, 0.5) is 15.6 Å². The Hall–Kier alpha value is -4.05. The summed E-state index contributed by atoms with van der Waals surface area (Å²) < 4.78 is 0. The second-order valence-electron chi connectivity index (χ2n) is 6.21. The number of hydrogen-bond donors (Lipinski definition) is 4. The molecule has 0 radical (unpaired) electrons. The van der Waals surface area contributed by atoms with Crippen LogP contribution < -0.4 is 16.1 Å². The molecule has 0 spiro atoms. The van der Waals surface area contributed by atoms with Gasteiger partial charge in [0.1, 0.15) is 5.01 Å². The van der Waals surface area contributed by atoms with Crippen molar-refractivity contribution in [1.82, 2.24) is 20.6 Å². The minimum Gasteiger partial charge on any atom is -0.361 e. The van der Waals surface area contributed by atoms with Crippen molar-refractivity contribution in [2.45, 2.75) is 6.42 Å². The molecule has 3 amide bonds. The number of nitrogens with zero attached hydrogens (tertiary/aromatic N) is 3. The molecule has 0 bridgehead atoms. The second kappa shape index (κ2) is 8.97. The van der Waals surface area contributed by atoms with Crippen LogP contribution in [0.1, 0.15) is 10.6 Å². The summed E-state index contributed by atoms with van der Waals surface area (Å²) in [4.78, 5) is 27.2. The van der Waals surface area contributed by atoms with Crippen molar-refractivity contribution >= 4 is 51.2 Å². The number of benzene rings is 2. The summed E-state index contributed by atoms with van der Waals surface area (Å²) in [6, 6.07) is 16.4. The Morgan fingerprint density at radius 2 is 1.83 bits per heavy atom. The summed E-state index contributed by atoms with van der Waals surface area (Å²) in [7, 11) is 0. The number of aromatic nitrogens is 3. The van der Waals surface area contributed by atoms with Crippen molar-refractivity contribution in [1.29, 1.82) is 0 Å². The highest BCUT2D eigenvalue weighted by Crippen LogP contribution is 2.17. The first-order chi connectivity index (χ1) is 14.7. The van der Waals surface area contributed by atoms with Crippen molar-refractivity contribution < 1.29 is 9.59 Å². The number of fused-ring (bicyclic) bond motifs is 1. The van der Waals surface area contributed by atoms with Gasteiger partial charge in [-0.15, -0.1) is 10.2 Å². The molecule has 30 heavy (non-hydrogen) atoms. The number of aromatic amines is 1. The van der Waals surface area contributed by atoms with Crippen molar-refractivity contribution in [2.24, 2.45) is 5.10 Å². The highest BCUT2D eigenvalue weighted by molar-refractivity contribution is 7.15. The molecule has 4 rings (SSSR count). The van der Waals surface area contributed by atoms with Crippen molar-refractivity contribution in [3.05, 3.63) is 71.4 Å². The van der Waals surface area contributed by atoms with Crippen LogP contribution in [0.3, 0.4) is 0 Å². The van der Waals surface area contributed by atoms with Crippen LogP contribution in [0.15, 0.2) is 65.9 Å². The summed E-state index contributed by atoms with van der Waals surface area (Å²) in [5.74, 6) is -0.331. The molecule has 10 heteroatoms. The Balaban J connectivity index is 1.28. The maximum Gasteiger partial charge on any atom is 0.325 e. The van der Waals surface area contributed by atoms with E-state index in [1.54, 1.807) is 18.3 Å². The number of carbonyl (C=O) groups excluding carboxylic acids is 2. The predicted molar refractivity (Wildman–Crippen MR) is 117 cm³/mol. The monoisotopic (exact) mass is 419 g/mol. The van der Waals surface area contributed by atoms with Gasteiger partial charge in [0.2, 0.25) is 11.0 Å². The Labute approximate surface area is 175 Å². The van der Waals surface area contributed by atoms with Crippen LogP contribution in [0, 0.1) is 0 Å². The van der Waals surface area contributed by atoms with Gasteiger partial charge >= 0.3 is 6.03 Å². The molecule has 2 aromatic carbocycles. The van der Waals surface area contributed by atoms with E-state index in [0.717, 1.165) is 27.8 Å². The molecule has 2 aromatic heterocycles. The molecule has 4 aromatic rings. The molecule has 0 saturated carbocycles. The molecule has 0 aliphatic heterocycles. The van der Waals surface area contributed by atoms with E-state index in [9.17, 15) is 9.59 Å². The van der Waals surface area contributed by atoms with Gasteiger partial charge in [-0.25, -0.2) is 10.2 Å². The predicted octanol–water partition coefficient (Wildman–Crippen LogP) is 3.36. The molecule has 0 fully saturated rings. The molecule has 150 valence electrons. The summed E-state index contributed by atoms with van der Waals surface area (Å²) in [5, 5.41) is 18.9. The maximum absolute atomic E-state index is 12.1. The number of carbonyl (C=O) groups is 2. The molecule has 2 heterocycles. The van der Waals surface area contributed by atoms with E-state index >= 15 is 0 Å². The lowest BCUT2D eigenvalue weighted by atomic mass is 10.2. The molecule has 0 aliphatic rings. The number of amides is 3. The van der Waals surface area contributed by atoms with Gasteiger partial charge in [0, 0.05) is 28.4 Å². The van der Waals surface area contributed by atoms with Gasteiger partial charge in [-0.3, -0.25) is 10.1 Å². The van der Waals surface area contributed by atoms with Crippen LogP contribution in [0.2, 0.25) is 0 Å². The van der Waals surface area contributed by atoms with Gasteiger partial charge in [-0.1, -0.05) is 47.7 Å². The number of para-hydroxylation sites is 2. The number of urea groups is 1. The van der Waals surface area contributed by atoms with Gasteiger partial charge < -0.3 is 10.3 Å². The van der Waals surface area contributed by atoms with Gasteiger partial charge in [0.15, 0.2) is 0 Å². The van der Waals surface area contributed by atoms with Crippen molar-refractivity contribution in [2.75, 3.05) is 10.6 Å². The van der Waals surface area contributed by atoms with Gasteiger partial charge in [-0.2, -0.15) is 5.10 Å². The smallest absolute Gasteiger partial charge is 0.325 e. The molecule has 0 unspecified atom stereocenters. The third-order valence-corrected chi connectivity index (χ3v) is 4.88. The largest absolute Gasteiger partial charge is 0.361 e. The lowest BCUT2D eigenvalue weighted by molar-refractivity contribution is -0.120. The SMILES string of the molecule is O=C(Cc1nnc(NC(=O)Nc2ccccc2)s1)NN=Cc1c[nH]c2ccccc12. The van der Waals surface area contributed by atoms with Crippen molar-refractivity contribution in [3.63, 3.8) is 0 Å². The van der Waals surface area contributed by atoms with E-state index in [-0.39, 0.29) is 12.3 Å². The molecule has 9 nitrogen and oxygen atoms in total. The number of H-pyrrole nitrogens is 1. The Morgan fingerprint density at radius 1 is 1.03 bits per heavy atom. The van der Waals surface area contributed by atoms with Crippen LogP contribution in [-0.2, 0) is 11.2 Å². The first kappa shape index (κ1) is 19.3. The number of rotatable bonds is 6. The molecule has 0 atom stereocenters. The van der Waals surface area contributed by atoms with E-state index in [1.807, 2.05) is 48.7 Å². The molecule has 0 aliphatic carbocycles. The van der Waals surface area contributed by atoms with Gasteiger partial charge in [0.05, 0.1) is 12.6 Å². The third kappa shape index (κ3) is 4.86. The first-order valence-corrected chi connectivity index (χ1v) is 9.82. The zero-order valence-electron chi connectivity index (χ0n) is 15.6. The highest BCUT2D eigenvalue weighted by atomic mass is 32.1. The maximum atomic E-state index is 12.1. The molecular weight excluding hydrogens is 402 g/mol. The summed E-state index contributed by atoms with van der Waals surface area (Å²) in [5.41, 5.74) is 5.00. The lowest BCUT2D eigenvalue weighted by Crippen LogP contribution is -2.19. The Morgan fingerprint density at radius 3 is 2.70 bits per heavy atom. The fourth-order valence-electron chi connectivity index (χ4n) is 2.71. The molecule has 4 N–H and O–H groups in total. The minimum atomic E-state index is -0.434.